The zero-order valence-corrected chi connectivity index (χ0v) is 12.0. The van der Waals surface area contributed by atoms with Crippen molar-refractivity contribution in [1.29, 1.82) is 0 Å². The lowest BCUT2D eigenvalue weighted by Crippen LogP contribution is -2.42. The molecule has 0 aromatic carbocycles. The van der Waals surface area contributed by atoms with E-state index in [2.05, 4.69) is 5.32 Å². The highest BCUT2D eigenvalue weighted by Gasteiger charge is 2.32. The van der Waals surface area contributed by atoms with Gasteiger partial charge in [-0.25, -0.2) is 8.42 Å². The maximum absolute atomic E-state index is 11.7. The van der Waals surface area contributed by atoms with Crippen LogP contribution < -0.4 is 5.32 Å². The van der Waals surface area contributed by atoms with E-state index in [4.69, 9.17) is 4.74 Å². The van der Waals surface area contributed by atoms with Gasteiger partial charge in [-0.1, -0.05) is 13.3 Å². The van der Waals surface area contributed by atoms with Crippen LogP contribution in [0.1, 0.15) is 39.5 Å². The Kier molecular flexibility index (Phi) is 6.08. The molecular weight excluding hydrogens is 254 g/mol. The summed E-state index contributed by atoms with van der Waals surface area (Å²) < 4.78 is 28.3. The largest absolute Gasteiger partial charge is 0.465 e. The molecule has 0 bridgehead atoms. The van der Waals surface area contributed by atoms with Crippen LogP contribution in [0.5, 0.6) is 0 Å². The molecule has 0 radical (unpaired) electrons. The summed E-state index contributed by atoms with van der Waals surface area (Å²) in [6.07, 6.45) is 2.95. The van der Waals surface area contributed by atoms with Crippen molar-refractivity contribution in [3.8, 4) is 0 Å². The molecule has 2 atom stereocenters. The Morgan fingerprint density at radius 1 is 1.44 bits per heavy atom. The molecule has 1 aliphatic rings. The average Bonchev–Trinajstić information content (AvgIpc) is 2.64. The lowest BCUT2D eigenvalue weighted by Gasteiger charge is -2.18. The van der Waals surface area contributed by atoms with E-state index in [1.807, 2.05) is 6.92 Å². The molecule has 18 heavy (non-hydrogen) atoms. The normalized spacial score (nSPS) is 23.8. The van der Waals surface area contributed by atoms with Crippen LogP contribution >= 0.6 is 0 Å². The van der Waals surface area contributed by atoms with E-state index < -0.39 is 9.84 Å². The van der Waals surface area contributed by atoms with Crippen molar-refractivity contribution in [1.82, 2.24) is 5.32 Å². The molecule has 6 heteroatoms. The molecule has 1 N–H and O–H groups in total. The summed E-state index contributed by atoms with van der Waals surface area (Å²) in [5, 5.41) is 2.71. The van der Waals surface area contributed by atoms with Crippen molar-refractivity contribution in [2.45, 2.75) is 50.8 Å². The average molecular weight is 277 g/mol. The maximum Gasteiger partial charge on any atom is 0.323 e. The van der Waals surface area contributed by atoms with E-state index in [-0.39, 0.29) is 23.0 Å². The third-order valence-corrected chi connectivity index (χ3v) is 5.48. The molecular formula is C12H23NO4S. The van der Waals surface area contributed by atoms with Gasteiger partial charge in [-0.3, -0.25) is 4.79 Å². The number of rotatable bonds is 7. The molecule has 1 heterocycles. The third-order valence-electron chi connectivity index (χ3n) is 3.20. The first-order valence-corrected chi connectivity index (χ1v) is 8.34. The molecule has 106 valence electrons. The summed E-state index contributed by atoms with van der Waals surface area (Å²) in [4.78, 5) is 11.7. The number of esters is 1. The Labute approximate surface area is 109 Å². The highest BCUT2D eigenvalue weighted by Crippen LogP contribution is 2.19. The van der Waals surface area contributed by atoms with E-state index in [1.54, 1.807) is 6.92 Å². The first kappa shape index (κ1) is 15.4. The molecule has 1 aliphatic heterocycles. The number of hydrogen-bond donors (Lipinski definition) is 1. The van der Waals surface area contributed by atoms with Gasteiger partial charge in [0.15, 0.2) is 9.84 Å². The summed E-state index contributed by atoms with van der Waals surface area (Å²) in [5.74, 6) is -0.00765. The topological polar surface area (TPSA) is 72.5 Å². The van der Waals surface area contributed by atoms with Gasteiger partial charge in [0.1, 0.15) is 6.04 Å². The van der Waals surface area contributed by atoms with Gasteiger partial charge >= 0.3 is 5.97 Å². The van der Waals surface area contributed by atoms with E-state index in [0.29, 0.717) is 26.0 Å². The fourth-order valence-electron chi connectivity index (χ4n) is 2.20. The standard InChI is InChI=1S/C12H23NO4S/c1-3-6-11(12(14)17-4-2)13-9-10-7-5-8-18(10,15)16/h10-11,13H,3-9H2,1-2H3. The summed E-state index contributed by atoms with van der Waals surface area (Å²) >= 11 is 0. The number of carbonyl (C=O) groups is 1. The first-order valence-electron chi connectivity index (χ1n) is 6.62. The van der Waals surface area contributed by atoms with E-state index in [0.717, 1.165) is 12.8 Å². The van der Waals surface area contributed by atoms with E-state index >= 15 is 0 Å². The van der Waals surface area contributed by atoms with Gasteiger partial charge in [-0.15, -0.1) is 0 Å². The molecule has 5 nitrogen and oxygen atoms in total. The Balaban J connectivity index is 2.49. The van der Waals surface area contributed by atoms with Crippen LogP contribution in [0.2, 0.25) is 0 Å². The second kappa shape index (κ2) is 7.09. The molecule has 2 unspecified atom stereocenters. The first-order chi connectivity index (χ1) is 8.51. The van der Waals surface area contributed by atoms with E-state index in [9.17, 15) is 13.2 Å². The highest BCUT2D eigenvalue weighted by atomic mass is 32.2. The third kappa shape index (κ3) is 4.24. The second-order valence-electron chi connectivity index (χ2n) is 4.63. The fourth-order valence-corrected chi connectivity index (χ4v) is 3.97. The van der Waals surface area contributed by atoms with Crippen molar-refractivity contribution in [3.05, 3.63) is 0 Å². The maximum atomic E-state index is 11.7. The summed E-state index contributed by atoms with van der Waals surface area (Å²) in [7, 11) is -2.95. The molecule has 0 saturated carbocycles. The summed E-state index contributed by atoms with van der Waals surface area (Å²) in [6, 6.07) is -0.384. The van der Waals surface area contributed by atoms with Crippen LogP contribution in [-0.2, 0) is 19.4 Å². The molecule has 0 aromatic heterocycles. The zero-order valence-electron chi connectivity index (χ0n) is 11.1. The number of nitrogens with one attached hydrogen (secondary N) is 1. The predicted molar refractivity (Wildman–Crippen MR) is 70.1 cm³/mol. The SMILES string of the molecule is CCCC(NCC1CCCS1(=O)=O)C(=O)OCC. The van der Waals surface area contributed by atoms with Crippen molar-refractivity contribution in [3.63, 3.8) is 0 Å². The van der Waals surface area contributed by atoms with Crippen LogP contribution in [-0.4, -0.2) is 44.6 Å². The van der Waals surface area contributed by atoms with Crippen molar-refractivity contribution >= 4 is 15.8 Å². The van der Waals surface area contributed by atoms with Crippen LogP contribution in [0.4, 0.5) is 0 Å². The van der Waals surface area contributed by atoms with Crippen LogP contribution in [0.3, 0.4) is 0 Å². The number of sulfone groups is 1. The molecule has 1 saturated heterocycles. The highest BCUT2D eigenvalue weighted by molar-refractivity contribution is 7.92. The minimum Gasteiger partial charge on any atom is -0.465 e. The lowest BCUT2D eigenvalue weighted by molar-refractivity contribution is -0.145. The number of ether oxygens (including phenoxy) is 1. The quantitative estimate of drug-likeness (QED) is 0.700. The van der Waals surface area contributed by atoms with Crippen molar-refractivity contribution in [2.24, 2.45) is 0 Å². The van der Waals surface area contributed by atoms with Gasteiger partial charge in [0, 0.05) is 6.54 Å². The lowest BCUT2D eigenvalue weighted by atomic mass is 10.1. The molecule has 0 aromatic rings. The van der Waals surface area contributed by atoms with Crippen molar-refractivity contribution < 1.29 is 17.9 Å². The Morgan fingerprint density at radius 3 is 2.67 bits per heavy atom. The second-order valence-corrected chi connectivity index (χ2v) is 7.03. The minimum atomic E-state index is -2.95. The number of hydrogen-bond acceptors (Lipinski definition) is 5. The van der Waals surface area contributed by atoms with Gasteiger partial charge in [-0.2, -0.15) is 0 Å². The summed E-state index contributed by atoms with van der Waals surface area (Å²) in [6.45, 7) is 4.46. The Bertz CT molecular complexity index is 366. The molecule has 0 spiro atoms. The Hall–Kier alpha value is -0.620. The van der Waals surface area contributed by atoms with E-state index in [1.165, 1.54) is 0 Å². The smallest absolute Gasteiger partial charge is 0.323 e. The van der Waals surface area contributed by atoms with Crippen LogP contribution in [0, 0.1) is 0 Å². The van der Waals surface area contributed by atoms with Gasteiger partial charge in [-0.05, 0) is 26.2 Å². The molecule has 0 amide bonds. The molecule has 1 rings (SSSR count). The predicted octanol–water partition coefficient (Wildman–Crippen LogP) is 0.885. The van der Waals surface area contributed by atoms with Crippen molar-refractivity contribution in [2.75, 3.05) is 18.9 Å². The molecule has 1 fully saturated rings. The minimum absolute atomic E-state index is 0.275. The van der Waals surface area contributed by atoms with Crippen LogP contribution in [0.15, 0.2) is 0 Å². The monoisotopic (exact) mass is 277 g/mol. The van der Waals surface area contributed by atoms with Crippen LogP contribution in [0.25, 0.3) is 0 Å². The number of carbonyl (C=O) groups excluding carboxylic acids is 1. The van der Waals surface area contributed by atoms with Gasteiger partial charge in [0.05, 0.1) is 17.6 Å². The zero-order chi connectivity index (χ0) is 13.6. The molecule has 0 aliphatic carbocycles. The Morgan fingerprint density at radius 2 is 2.17 bits per heavy atom. The van der Waals surface area contributed by atoms with Gasteiger partial charge in [0.25, 0.3) is 0 Å². The summed E-state index contributed by atoms with van der Waals surface area (Å²) in [5.41, 5.74) is 0. The van der Waals surface area contributed by atoms with Gasteiger partial charge in [0.2, 0.25) is 0 Å². The van der Waals surface area contributed by atoms with Gasteiger partial charge < -0.3 is 10.1 Å². The fraction of sp³-hybridized carbons (Fsp3) is 0.917.